The van der Waals surface area contributed by atoms with Crippen LogP contribution in [0.1, 0.15) is 43.7 Å². The van der Waals surface area contributed by atoms with E-state index >= 15 is 0 Å². The molecule has 19 heavy (non-hydrogen) atoms. The van der Waals surface area contributed by atoms with Gasteiger partial charge in [0.05, 0.1) is 17.1 Å². The minimum absolute atomic E-state index is 0.535. The van der Waals surface area contributed by atoms with Gasteiger partial charge in [-0.15, -0.1) is 0 Å². The Morgan fingerprint density at radius 3 is 2.42 bits per heavy atom. The summed E-state index contributed by atoms with van der Waals surface area (Å²) >= 11 is 0. The molecule has 3 rings (SSSR count). The van der Waals surface area contributed by atoms with Crippen LogP contribution in [-0.2, 0) is 12.8 Å². The Morgan fingerprint density at radius 1 is 1.32 bits per heavy atom. The van der Waals surface area contributed by atoms with Crippen LogP contribution in [-0.4, -0.2) is 10.7 Å². The van der Waals surface area contributed by atoms with E-state index in [0.717, 1.165) is 25.7 Å². The fraction of sp³-hybridized carbons (Fsp3) is 0.588. The molecule has 1 aromatic carbocycles. The molecule has 100 valence electrons. The number of aliphatic hydroxyl groups is 1. The monoisotopic (exact) mass is 255 g/mol. The predicted octanol–water partition coefficient (Wildman–Crippen LogP) is 3.24. The highest BCUT2D eigenvalue weighted by Gasteiger charge is 2.56. The van der Waals surface area contributed by atoms with E-state index < -0.39 is 11.0 Å². The summed E-state index contributed by atoms with van der Waals surface area (Å²) < 4.78 is 0. The van der Waals surface area contributed by atoms with Crippen molar-refractivity contribution in [1.82, 2.24) is 0 Å². The zero-order valence-corrected chi connectivity index (χ0v) is 11.5. The van der Waals surface area contributed by atoms with E-state index in [2.05, 4.69) is 25.1 Å². The van der Waals surface area contributed by atoms with Crippen LogP contribution in [0.5, 0.6) is 0 Å². The van der Waals surface area contributed by atoms with Gasteiger partial charge in [0.2, 0.25) is 0 Å². The van der Waals surface area contributed by atoms with E-state index in [4.69, 9.17) is 0 Å². The lowest BCUT2D eigenvalue weighted by Crippen LogP contribution is -2.47. The Bertz CT molecular complexity index is 505. The first-order valence-electron chi connectivity index (χ1n) is 7.33. The van der Waals surface area contributed by atoms with Crippen molar-refractivity contribution in [2.75, 3.05) is 0 Å². The van der Waals surface area contributed by atoms with Gasteiger partial charge in [0.15, 0.2) is 0 Å². The Hall–Kier alpha value is -1.33. The summed E-state index contributed by atoms with van der Waals surface area (Å²) in [5.41, 5.74) is 1.06. The van der Waals surface area contributed by atoms with Gasteiger partial charge in [-0.2, -0.15) is 5.26 Å². The van der Waals surface area contributed by atoms with Gasteiger partial charge in [-0.25, -0.2) is 0 Å². The number of fused-ring (bicyclic) bond motifs is 1. The highest BCUT2D eigenvalue weighted by molar-refractivity contribution is 5.38. The van der Waals surface area contributed by atoms with Crippen LogP contribution in [0.25, 0.3) is 0 Å². The molecule has 1 N–H and O–H groups in total. The Balaban J connectivity index is 1.92. The second kappa shape index (κ2) is 4.35. The minimum Gasteiger partial charge on any atom is -0.388 e. The van der Waals surface area contributed by atoms with E-state index in [-0.39, 0.29) is 0 Å². The van der Waals surface area contributed by atoms with Gasteiger partial charge in [0.25, 0.3) is 0 Å². The molecule has 0 aromatic heterocycles. The predicted molar refractivity (Wildman–Crippen MR) is 74.5 cm³/mol. The largest absolute Gasteiger partial charge is 0.388 e. The van der Waals surface area contributed by atoms with Crippen molar-refractivity contribution in [1.29, 1.82) is 5.26 Å². The van der Waals surface area contributed by atoms with Crippen LogP contribution in [0, 0.1) is 22.7 Å². The van der Waals surface area contributed by atoms with Crippen molar-refractivity contribution in [3.8, 4) is 6.07 Å². The van der Waals surface area contributed by atoms with Gasteiger partial charge in [0.1, 0.15) is 0 Å². The van der Waals surface area contributed by atoms with Crippen LogP contribution in [0.15, 0.2) is 24.3 Å². The fourth-order valence-corrected chi connectivity index (χ4v) is 4.06. The molecule has 2 atom stereocenters. The summed E-state index contributed by atoms with van der Waals surface area (Å²) in [6, 6.07) is 10.7. The number of nitriles is 1. The molecule has 0 spiro atoms. The van der Waals surface area contributed by atoms with Crippen molar-refractivity contribution < 1.29 is 5.11 Å². The van der Waals surface area contributed by atoms with Gasteiger partial charge in [-0.1, -0.05) is 37.6 Å². The first kappa shape index (κ1) is 12.7. The first-order valence-corrected chi connectivity index (χ1v) is 7.33. The average molecular weight is 255 g/mol. The van der Waals surface area contributed by atoms with Crippen molar-refractivity contribution in [3.05, 3.63) is 35.4 Å². The van der Waals surface area contributed by atoms with Crippen molar-refractivity contribution >= 4 is 0 Å². The fourth-order valence-electron chi connectivity index (χ4n) is 4.06. The highest BCUT2D eigenvalue weighted by atomic mass is 16.3. The van der Waals surface area contributed by atoms with Gasteiger partial charge in [-0.05, 0) is 36.3 Å². The smallest absolute Gasteiger partial charge is 0.0913 e. The van der Waals surface area contributed by atoms with E-state index in [1.807, 2.05) is 12.1 Å². The molecule has 0 heterocycles. The van der Waals surface area contributed by atoms with Crippen molar-refractivity contribution in [2.45, 2.75) is 51.0 Å². The normalized spacial score (nSPS) is 31.9. The zero-order chi connectivity index (χ0) is 13.5. The molecule has 0 saturated heterocycles. The Morgan fingerprint density at radius 2 is 1.95 bits per heavy atom. The van der Waals surface area contributed by atoms with Crippen LogP contribution >= 0.6 is 0 Å². The van der Waals surface area contributed by atoms with Gasteiger partial charge >= 0.3 is 0 Å². The van der Waals surface area contributed by atoms with Crippen LogP contribution in [0.3, 0.4) is 0 Å². The van der Waals surface area contributed by atoms with Gasteiger partial charge < -0.3 is 5.11 Å². The SMILES string of the molecule is CCC1CCC(C#N)(C2(O)Cc3ccccc3C2)C1. The molecule has 0 amide bonds. The molecule has 2 aliphatic rings. The molecule has 1 fully saturated rings. The second-order valence-electron chi connectivity index (χ2n) is 6.36. The maximum atomic E-state index is 11.2. The van der Waals surface area contributed by atoms with E-state index in [0.29, 0.717) is 18.8 Å². The number of hydrogen-bond donors (Lipinski definition) is 1. The molecule has 2 aliphatic carbocycles. The van der Waals surface area contributed by atoms with E-state index in [9.17, 15) is 10.4 Å². The lowest BCUT2D eigenvalue weighted by molar-refractivity contribution is -0.0457. The summed E-state index contributed by atoms with van der Waals surface area (Å²) in [6.07, 6.45) is 5.21. The maximum absolute atomic E-state index is 11.2. The molecule has 2 heteroatoms. The van der Waals surface area contributed by atoms with Gasteiger partial charge in [-0.3, -0.25) is 0 Å². The van der Waals surface area contributed by atoms with Gasteiger partial charge in [0, 0.05) is 12.8 Å². The summed E-state index contributed by atoms with van der Waals surface area (Å²) in [7, 11) is 0. The molecule has 2 nitrogen and oxygen atoms in total. The summed E-state index contributed by atoms with van der Waals surface area (Å²) in [6.45, 7) is 2.19. The van der Waals surface area contributed by atoms with E-state index in [1.165, 1.54) is 11.1 Å². The third kappa shape index (κ3) is 1.80. The van der Waals surface area contributed by atoms with Crippen LogP contribution in [0.4, 0.5) is 0 Å². The number of nitrogens with zero attached hydrogens (tertiary/aromatic N) is 1. The molecular weight excluding hydrogens is 234 g/mol. The molecule has 2 unspecified atom stereocenters. The highest BCUT2D eigenvalue weighted by Crippen LogP contribution is 2.54. The molecular formula is C17H21NO. The molecule has 1 aromatic rings. The number of benzene rings is 1. The number of hydrogen-bond acceptors (Lipinski definition) is 2. The lowest BCUT2D eigenvalue weighted by Gasteiger charge is -2.37. The lowest BCUT2D eigenvalue weighted by atomic mass is 9.69. The Labute approximate surface area is 115 Å². The quantitative estimate of drug-likeness (QED) is 0.881. The van der Waals surface area contributed by atoms with Crippen LogP contribution < -0.4 is 0 Å². The molecule has 0 aliphatic heterocycles. The molecule has 0 bridgehead atoms. The third-order valence-corrected chi connectivity index (χ3v) is 5.38. The van der Waals surface area contributed by atoms with E-state index in [1.54, 1.807) is 0 Å². The summed E-state index contributed by atoms with van der Waals surface area (Å²) in [5, 5.41) is 20.9. The standard InChI is InChI=1S/C17H21NO/c1-2-13-7-8-16(9-13,12-18)17(19)10-14-5-3-4-6-15(14)11-17/h3-6,13,19H,2,7-11H2,1H3. The van der Waals surface area contributed by atoms with Crippen molar-refractivity contribution in [3.63, 3.8) is 0 Å². The molecule has 1 saturated carbocycles. The third-order valence-electron chi connectivity index (χ3n) is 5.38. The topological polar surface area (TPSA) is 44.0 Å². The average Bonchev–Trinajstić information content (AvgIpc) is 3.00. The molecule has 0 radical (unpaired) electrons. The first-order chi connectivity index (χ1) is 9.12. The number of rotatable bonds is 2. The second-order valence-corrected chi connectivity index (χ2v) is 6.36. The summed E-state index contributed by atoms with van der Waals surface area (Å²) in [4.78, 5) is 0. The van der Waals surface area contributed by atoms with Crippen molar-refractivity contribution in [2.24, 2.45) is 11.3 Å². The zero-order valence-electron chi connectivity index (χ0n) is 11.5. The minimum atomic E-state index is -0.852. The maximum Gasteiger partial charge on any atom is 0.0913 e. The van der Waals surface area contributed by atoms with Crippen LogP contribution in [0.2, 0.25) is 0 Å². The summed E-state index contributed by atoms with van der Waals surface area (Å²) in [5.74, 6) is 0.604. The Kier molecular flexibility index (Phi) is 2.91.